The van der Waals surface area contributed by atoms with Crippen molar-refractivity contribution in [2.24, 2.45) is 29.6 Å². The van der Waals surface area contributed by atoms with Crippen molar-refractivity contribution in [3.8, 4) is 0 Å². The summed E-state index contributed by atoms with van der Waals surface area (Å²) in [4.78, 5) is 23.8. The third-order valence-corrected chi connectivity index (χ3v) is 6.09. The Labute approximate surface area is 134 Å². The van der Waals surface area contributed by atoms with E-state index in [1.807, 2.05) is 0 Å². The second-order valence-corrected chi connectivity index (χ2v) is 7.20. The predicted octanol–water partition coefficient (Wildman–Crippen LogP) is 2.40. The first-order chi connectivity index (χ1) is 11.1. The zero-order valence-corrected chi connectivity index (χ0v) is 12.7. The van der Waals surface area contributed by atoms with Gasteiger partial charge in [-0.25, -0.2) is 4.39 Å². The quantitative estimate of drug-likeness (QED) is 0.876. The lowest BCUT2D eigenvalue weighted by Gasteiger charge is -2.15. The van der Waals surface area contributed by atoms with E-state index in [1.165, 1.54) is 43.5 Å². The topological polar surface area (TPSA) is 66.4 Å². The first-order valence-corrected chi connectivity index (χ1v) is 8.32. The Kier molecular flexibility index (Phi) is 3.39. The molecular weight excluding hydrogens is 297 g/mol. The summed E-state index contributed by atoms with van der Waals surface area (Å²) in [7, 11) is 0. The molecule has 0 radical (unpaired) electrons. The molecule has 3 aliphatic rings. The standard InChI is InChI=1S/C18H20FNO3/c19-12-5-3-9(4-6-12)13(18(22)23)8-20-17(21)16-14-10-1-2-11(7-10)15(14)16/h3-6,10-11,13-16H,1-2,7-8H2,(H,20,21)(H,22,23). The minimum Gasteiger partial charge on any atom is -0.481 e. The molecular formula is C18H20FNO3. The number of carbonyl (C=O) groups excluding carboxylic acids is 1. The summed E-state index contributed by atoms with van der Waals surface area (Å²) in [6.45, 7) is 0.0606. The van der Waals surface area contributed by atoms with Crippen molar-refractivity contribution in [2.45, 2.75) is 25.2 Å². The third-order valence-electron chi connectivity index (χ3n) is 6.09. The molecule has 122 valence electrons. The molecule has 0 saturated heterocycles. The van der Waals surface area contributed by atoms with Crippen molar-refractivity contribution in [3.05, 3.63) is 35.6 Å². The maximum Gasteiger partial charge on any atom is 0.312 e. The van der Waals surface area contributed by atoms with Crippen molar-refractivity contribution in [1.29, 1.82) is 0 Å². The van der Waals surface area contributed by atoms with E-state index in [2.05, 4.69) is 5.32 Å². The molecule has 0 aliphatic heterocycles. The van der Waals surface area contributed by atoms with Gasteiger partial charge in [0.15, 0.2) is 0 Å². The number of benzene rings is 1. The molecule has 1 aromatic carbocycles. The zero-order valence-electron chi connectivity index (χ0n) is 12.7. The highest BCUT2D eigenvalue weighted by Gasteiger charge is 2.67. The van der Waals surface area contributed by atoms with Gasteiger partial charge in [0.1, 0.15) is 5.82 Å². The van der Waals surface area contributed by atoms with Crippen LogP contribution in [0.5, 0.6) is 0 Å². The predicted molar refractivity (Wildman–Crippen MR) is 81.1 cm³/mol. The minimum atomic E-state index is -1.01. The van der Waals surface area contributed by atoms with E-state index >= 15 is 0 Å². The van der Waals surface area contributed by atoms with Crippen LogP contribution in [0, 0.1) is 35.4 Å². The van der Waals surface area contributed by atoms with Crippen molar-refractivity contribution >= 4 is 11.9 Å². The smallest absolute Gasteiger partial charge is 0.312 e. The minimum absolute atomic E-state index is 0.00459. The van der Waals surface area contributed by atoms with Gasteiger partial charge < -0.3 is 10.4 Å². The SMILES string of the molecule is O=C(O)C(CNC(=O)C1C2C3CCC(C3)C12)c1ccc(F)cc1. The summed E-state index contributed by atoms with van der Waals surface area (Å²) in [5, 5.41) is 12.2. The maximum atomic E-state index is 13.0. The molecule has 5 unspecified atom stereocenters. The first kappa shape index (κ1) is 14.7. The van der Waals surface area contributed by atoms with Gasteiger partial charge in [-0.1, -0.05) is 12.1 Å². The Morgan fingerprint density at radius 1 is 1.17 bits per heavy atom. The summed E-state index contributed by atoms with van der Waals surface area (Å²) >= 11 is 0. The van der Waals surface area contributed by atoms with Crippen LogP contribution in [0.25, 0.3) is 0 Å². The van der Waals surface area contributed by atoms with E-state index in [4.69, 9.17) is 0 Å². The van der Waals surface area contributed by atoms with Crippen molar-refractivity contribution < 1.29 is 19.1 Å². The lowest BCUT2D eigenvalue weighted by molar-refractivity contribution is -0.138. The number of aliphatic carboxylic acids is 1. The van der Waals surface area contributed by atoms with Crippen LogP contribution in [-0.2, 0) is 9.59 Å². The summed E-state index contributed by atoms with van der Waals surface area (Å²) in [5.74, 6) is 0.381. The average Bonchev–Trinajstić information content (AvgIpc) is 2.97. The lowest BCUT2D eigenvalue weighted by Crippen LogP contribution is -2.34. The molecule has 4 nitrogen and oxygen atoms in total. The molecule has 23 heavy (non-hydrogen) atoms. The molecule has 5 atom stereocenters. The van der Waals surface area contributed by atoms with E-state index in [0.29, 0.717) is 29.2 Å². The molecule has 0 spiro atoms. The van der Waals surface area contributed by atoms with E-state index in [1.54, 1.807) is 0 Å². The highest BCUT2D eigenvalue weighted by Crippen LogP contribution is 2.69. The number of carbonyl (C=O) groups is 2. The molecule has 5 heteroatoms. The van der Waals surface area contributed by atoms with E-state index < -0.39 is 17.7 Å². The average molecular weight is 317 g/mol. The zero-order chi connectivity index (χ0) is 16.1. The number of nitrogens with one attached hydrogen (secondary N) is 1. The fourth-order valence-corrected chi connectivity index (χ4v) is 5.04. The summed E-state index contributed by atoms with van der Waals surface area (Å²) in [6.07, 6.45) is 3.79. The number of carboxylic acid groups (broad SMARTS) is 1. The molecule has 3 fully saturated rings. The monoisotopic (exact) mass is 317 g/mol. The summed E-state index contributed by atoms with van der Waals surface area (Å²) in [6, 6.07) is 5.42. The number of hydrogen-bond acceptors (Lipinski definition) is 2. The fraction of sp³-hybridized carbons (Fsp3) is 0.556. The van der Waals surface area contributed by atoms with Crippen molar-refractivity contribution in [1.82, 2.24) is 5.32 Å². The molecule has 2 N–H and O–H groups in total. The Bertz CT molecular complexity index is 628. The van der Waals surface area contributed by atoms with E-state index in [9.17, 15) is 19.1 Å². The van der Waals surface area contributed by atoms with Gasteiger partial charge >= 0.3 is 5.97 Å². The molecule has 4 rings (SSSR count). The first-order valence-electron chi connectivity index (χ1n) is 8.32. The van der Waals surface area contributed by atoms with Gasteiger partial charge in [0.25, 0.3) is 0 Å². The number of fused-ring (bicyclic) bond motifs is 5. The van der Waals surface area contributed by atoms with Crippen molar-refractivity contribution in [3.63, 3.8) is 0 Å². The Morgan fingerprint density at radius 2 is 1.78 bits per heavy atom. The van der Waals surface area contributed by atoms with E-state index in [0.717, 1.165) is 0 Å². The molecule has 1 amide bonds. The van der Waals surface area contributed by atoms with Crippen LogP contribution in [0.4, 0.5) is 4.39 Å². The second-order valence-electron chi connectivity index (χ2n) is 7.20. The highest BCUT2D eigenvalue weighted by molar-refractivity contribution is 5.84. The Morgan fingerprint density at radius 3 is 2.35 bits per heavy atom. The number of halogens is 1. The molecule has 3 aliphatic carbocycles. The largest absolute Gasteiger partial charge is 0.481 e. The van der Waals surface area contributed by atoms with Crippen LogP contribution in [0.3, 0.4) is 0 Å². The van der Waals surface area contributed by atoms with Crippen LogP contribution in [0.15, 0.2) is 24.3 Å². The van der Waals surface area contributed by atoms with Gasteiger partial charge in [0.05, 0.1) is 5.92 Å². The van der Waals surface area contributed by atoms with E-state index in [-0.39, 0.29) is 18.4 Å². The molecule has 0 aromatic heterocycles. The number of carboxylic acids is 1. The Balaban J connectivity index is 1.38. The second kappa shape index (κ2) is 5.32. The van der Waals surface area contributed by atoms with Crippen LogP contribution < -0.4 is 5.32 Å². The summed E-state index contributed by atoms with van der Waals surface area (Å²) < 4.78 is 13.0. The summed E-state index contributed by atoms with van der Waals surface area (Å²) in [5.41, 5.74) is 0.510. The van der Waals surface area contributed by atoms with Crippen LogP contribution >= 0.6 is 0 Å². The molecule has 1 aromatic rings. The molecule has 2 bridgehead atoms. The van der Waals surface area contributed by atoms with Gasteiger partial charge in [-0.15, -0.1) is 0 Å². The van der Waals surface area contributed by atoms with Crippen molar-refractivity contribution in [2.75, 3.05) is 6.54 Å². The molecule has 0 heterocycles. The highest BCUT2D eigenvalue weighted by atomic mass is 19.1. The third kappa shape index (κ3) is 2.42. The van der Waals surface area contributed by atoms with Gasteiger partial charge in [-0.2, -0.15) is 0 Å². The van der Waals surface area contributed by atoms with Gasteiger partial charge in [-0.05, 0) is 60.6 Å². The Hall–Kier alpha value is -1.91. The maximum absolute atomic E-state index is 13.0. The number of rotatable bonds is 5. The molecule has 3 saturated carbocycles. The van der Waals surface area contributed by atoms with Gasteiger partial charge in [0, 0.05) is 12.5 Å². The van der Waals surface area contributed by atoms with Crippen LogP contribution in [0.1, 0.15) is 30.7 Å². The van der Waals surface area contributed by atoms with Crippen LogP contribution in [-0.4, -0.2) is 23.5 Å². The lowest BCUT2D eigenvalue weighted by atomic mass is 9.98. The van der Waals surface area contributed by atoms with Gasteiger partial charge in [0.2, 0.25) is 5.91 Å². The normalized spacial score (nSPS) is 34.7. The fourth-order valence-electron chi connectivity index (χ4n) is 5.04. The van der Waals surface area contributed by atoms with Crippen LogP contribution in [0.2, 0.25) is 0 Å². The number of hydrogen-bond donors (Lipinski definition) is 2. The number of amides is 1. The van der Waals surface area contributed by atoms with Gasteiger partial charge in [-0.3, -0.25) is 9.59 Å².